The lowest BCUT2D eigenvalue weighted by Crippen LogP contribution is -2.05. The van der Waals surface area contributed by atoms with Gasteiger partial charge in [-0.2, -0.15) is 24.7 Å². The van der Waals surface area contributed by atoms with E-state index in [-0.39, 0.29) is 17.2 Å². The van der Waals surface area contributed by atoms with E-state index in [0.29, 0.717) is 10.8 Å². The van der Waals surface area contributed by atoms with Gasteiger partial charge in [-0.15, -0.1) is 0 Å². The average Bonchev–Trinajstić information content (AvgIpc) is 2.91. The Morgan fingerprint density at radius 2 is 2.00 bits per heavy atom. The Labute approximate surface area is 123 Å². The summed E-state index contributed by atoms with van der Waals surface area (Å²) in [6, 6.07) is 6.87. The molecule has 2 aromatic heterocycles. The first-order valence-electron chi connectivity index (χ1n) is 5.41. The minimum atomic E-state index is -0.0115. The van der Waals surface area contributed by atoms with Crippen LogP contribution in [0, 0.1) is 0 Å². The van der Waals surface area contributed by atoms with E-state index in [4.69, 9.17) is 27.9 Å². The first-order chi connectivity index (χ1) is 9.70. The molecule has 0 aliphatic rings. The number of benzene rings is 1. The Hall–Kier alpha value is -2.25. The molecule has 0 unspecified atom stereocenters. The molecule has 0 saturated carbocycles. The largest absolute Gasteiger partial charge is 0.424 e. The van der Waals surface area contributed by atoms with Gasteiger partial charge in [0.1, 0.15) is 18.4 Å². The number of aromatic nitrogens is 6. The molecule has 2 heterocycles. The van der Waals surface area contributed by atoms with Gasteiger partial charge in [-0.25, -0.2) is 4.98 Å². The fourth-order valence-corrected chi connectivity index (χ4v) is 1.75. The number of hydrogen-bond donors (Lipinski definition) is 0. The van der Waals surface area contributed by atoms with Crippen LogP contribution in [0.25, 0.3) is 5.95 Å². The van der Waals surface area contributed by atoms with Crippen LogP contribution in [-0.2, 0) is 0 Å². The Balaban J connectivity index is 1.94. The maximum Gasteiger partial charge on any atom is 0.328 e. The molecule has 0 atom stereocenters. The summed E-state index contributed by atoms with van der Waals surface area (Å²) in [5, 5.41) is 4.44. The second kappa shape index (κ2) is 5.40. The first-order valence-corrected chi connectivity index (χ1v) is 6.16. The molecular weight excluding hydrogens is 303 g/mol. The van der Waals surface area contributed by atoms with Gasteiger partial charge in [-0.05, 0) is 29.8 Å². The SMILES string of the molecule is Clc1cccc(Oc2nc(Cl)nc(-n3cncn3)n2)c1. The van der Waals surface area contributed by atoms with Gasteiger partial charge in [0.15, 0.2) is 0 Å². The molecule has 3 aromatic rings. The molecule has 7 nitrogen and oxygen atoms in total. The van der Waals surface area contributed by atoms with Crippen molar-refractivity contribution in [3.8, 4) is 17.7 Å². The van der Waals surface area contributed by atoms with Crippen molar-refractivity contribution < 1.29 is 4.74 Å². The van der Waals surface area contributed by atoms with Gasteiger partial charge in [0.05, 0.1) is 0 Å². The Morgan fingerprint density at radius 1 is 1.10 bits per heavy atom. The molecule has 0 bridgehead atoms. The summed E-state index contributed by atoms with van der Waals surface area (Å²) in [6.45, 7) is 0. The zero-order valence-electron chi connectivity index (χ0n) is 9.81. The lowest BCUT2D eigenvalue weighted by Gasteiger charge is -2.05. The lowest BCUT2D eigenvalue weighted by molar-refractivity contribution is 0.437. The number of nitrogens with zero attached hydrogens (tertiary/aromatic N) is 6. The van der Waals surface area contributed by atoms with Crippen LogP contribution >= 0.6 is 23.2 Å². The minimum Gasteiger partial charge on any atom is -0.424 e. The van der Waals surface area contributed by atoms with Gasteiger partial charge in [0.2, 0.25) is 5.28 Å². The highest BCUT2D eigenvalue weighted by Crippen LogP contribution is 2.22. The molecule has 0 aliphatic carbocycles. The van der Waals surface area contributed by atoms with E-state index in [2.05, 4.69) is 25.0 Å². The highest BCUT2D eigenvalue weighted by molar-refractivity contribution is 6.30. The monoisotopic (exact) mass is 308 g/mol. The number of halogens is 2. The van der Waals surface area contributed by atoms with Crippen LogP contribution in [0.4, 0.5) is 0 Å². The van der Waals surface area contributed by atoms with E-state index in [1.165, 1.54) is 17.3 Å². The van der Waals surface area contributed by atoms with Crippen molar-refractivity contribution in [3.05, 3.63) is 47.2 Å². The fourth-order valence-electron chi connectivity index (χ4n) is 1.42. The molecular formula is C11H6Cl2N6O. The van der Waals surface area contributed by atoms with Crippen molar-refractivity contribution in [3.63, 3.8) is 0 Å². The van der Waals surface area contributed by atoms with Crippen molar-refractivity contribution in [2.24, 2.45) is 0 Å². The van der Waals surface area contributed by atoms with Crippen LogP contribution in [0.5, 0.6) is 11.8 Å². The summed E-state index contributed by atoms with van der Waals surface area (Å²) in [5.41, 5.74) is 0. The molecule has 0 fully saturated rings. The summed E-state index contributed by atoms with van der Waals surface area (Å²) in [7, 11) is 0. The van der Waals surface area contributed by atoms with E-state index in [9.17, 15) is 0 Å². The number of rotatable bonds is 3. The second-order valence-electron chi connectivity index (χ2n) is 3.59. The Bertz CT molecular complexity index is 734. The molecule has 0 radical (unpaired) electrons. The normalized spacial score (nSPS) is 10.5. The fraction of sp³-hybridized carbons (Fsp3) is 0. The molecule has 0 amide bonds. The smallest absolute Gasteiger partial charge is 0.328 e. The molecule has 9 heteroatoms. The quantitative estimate of drug-likeness (QED) is 0.740. The van der Waals surface area contributed by atoms with E-state index in [0.717, 1.165) is 0 Å². The van der Waals surface area contributed by atoms with Crippen LogP contribution < -0.4 is 4.74 Å². The molecule has 0 saturated heterocycles. The third kappa shape index (κ3) is 2.84. The van der Waals surface area contributed by atoms with Crippen molar-refractivity contribution >= 4 is 23.2 Å². The summed E-state index contributed by atoms with van der Waals surface area (Å²) in [6.07, 6.45) is 2.80. The average molecular weight is 309 g/mol. The maximum absolute atomic E-state index is 5.87. The molecule has 0 aliphatic heterocycles. The summed E-state index contributed by atoms with van der Waals surface area (Å²) in [5.74, 6) is 0.698. The third-order valence-corrected chi connectivity index (χ3v) is 2.61. The summed E-state index contributed by atoms with van der Waals surface area (Å²) >= 11 is 11.7. The third-order valence-electron chi connectivity index (χ3n) is 2.20. The van der Waals surface area contributed by atoms with Crippen molar-refractivity contribution in [1.29, 1.82) is 0 Å². The van der Waals surface area contributed by atoms with Gasteiger partial charge in [0, 0.05) is 5.02 Å². The van der Waals surface area contributed by atoms with Gasteiger partial charge in [0.25, 0.3) is 5.95 Å². The van der Waals surface area contributed by atoms with Gasteiger partial charge in [-0.3, -0.25) is 0 Å². The van der Waals surface area contributed by atoms with Crippen LogP contribution in [0.3, 0.4) is 0 Å². The minimum absolute atomic E-state index is 0.0115. The summed E-state index contributed by atoms with van der Waals surface area (Å²) in [4.78, 5) is 15.7. The zero-order chi connectivity index (χ0) is 13.9. The molecule has 0 spiro atoms. The van der Waals surface area contributed by atoms with Crippen molar-refractivity contribution in [2.45, 2.75) is 0 Å². The van der Waals surface area contributed by atoms with Crippen LogP contribution in [0.1, 0.15) is 0 Å². The standard InChI is InChI=1S/C11H6Cl2N6O/c12-7-2-1-3-8(4-7)20-11-17-9(13)16-10(18-11)19-6-14-5-15-19/h1-6H. The van der Waals surface area contributed by atoms with Gasteiger partial charge >= 0.3 is 6.01 Å². The van der Waals surface area contributed by atoms with Gasteiger partial charge in [-0.1, -0.05) is 17.7 Å². The zero-order valence-corrected chi connectivity index (χ0v) is 11.3. The van der Waals surface area contributed by atoms with E-state index < -0.39 is 0 Å². The van der Waals surface area contributed by atoms with Crippen LogP contribution in [0.2, 0.25) is 10.3 Å². The summed E-state index contributed by atoms with van der Waals surface area (Å²) < 4.78 is 6.83. The highest BCUT2D eigenvalue weighted by atomic mass is 35.5. The van der Waals surface area contributed by atoms with E-state index in [1.54, 1.807) is 24.3 Å². The first kappa shape index (κ1) is 12.8. The Kier molecular flexibility index (Phi) is 3.44. The van der Waals surface area contributed by atoms with E-state index >= 15 is 0 Å². The number of ether oxygens (including phenoxy) is 1. The lowest BCUT2D eigenvalue weighted by atomic mass is 10.3. The van der Waals surface area contributed by atoms with Gasteiger partial charge < -0.3 is 4.74 Å². The number of hydrogen-bond acceptors (Lipinski definition) is 6. The van der Waals surface area contributed by atoms with Crippen LogP contribution in [-0.4, -0.2) is 29.7 Å². The predicted octanol–water partition coefficient (Wildman–Crippen LogP) is 2.55. The molecule has 1 aromatic carbocycles. The Morgan fingerprint density at radius 3 is 2.75 bits per heavy atom. The van der Waals surface area contributed by atoms with E-state index in [1.807, 2.05) is 0 Å². The van der Waals surface area contributed by atoms with Crippen LogP contribution in [0.15, 0.2) is 36.9 Å². The molecule has 3 rings (SSSR count). The van der Waals surface area contributed by atoms with Crippen molar-refractivity contribution in [2.75, 3.05) is 0 Å². The molecule has 0 N–H and O–H groups in total. The van der Waals surface area contributed by atoms with Crippen molar-refractivity contribution in [1.82, 2.24) is 29.7 Å². The topological polar surface area (TPSA) is 78.6 Å². The molecule has 20 heavy (non-hydrogen) atoms. The molecule has 100 valence electrons. The second-order valence-corrected chi connectivity index (χ2v) is 4.36. The predicted molar refractivity (Wildman–Crippen MR) is 71.3 cm³/mol. The maximum atomic E-state index is 5.87. The highest BCUT2D eigenvalue weighted by Gasteiger charge is 2.09.